The Kier molecular flexibility index (Phi) is 6.07. The molecule has 0 aliphatic heterocycles. The number of thiazole rings is 1. The van der Waals surface area contributed by atoms with E-state index in [0.717, 1.165) is 46.0 Å². The summed E-state index contributed by atoms with van der Waals surface area (Å²) in [6.07, 6.45) is 6.62. The Morgan fingerprint density at radius 3 is 2.79 bits per heavy atom. The zero-order chi connectivity index (χ0) is 20.1. The monoisotopic (exact) mass is 405 g/mol. The maximum atomic E-state index is 5.64. The minimum atomic E-state index is -0.0611. The Bertz CT molecular complexity index is 1060. The van der Waals surface area contributed by atoms with Crippen molar-refractivity contribution in [2.45, 2.75) is 32.9 Å². The zero-order valence-corrected chi connectivity index (χ0v) is 17.3. The molecule has 0 aliphatic carbocycles. The van der Waals surface area contributed by atoms with Gasteiger partial charge in [-0.25, -0.2) is 9.67 Å². The van der Waals surface area contributed by atoms with Gasteiger partial charge in [0.1, 0.15) is 11.7 Å². The van der Waals surface area contributed by atoms with Gasteiger partial charge in [0.05, 0.1) is 28.9 Å². The summed E-state index contributed by atoms with van der Waals surface area (Å²) in [5.74, 6) is 0. The molecule has 7 heteroatoms. The molecule has 0 spiro atoms. The minimum absolute atomic E-state index is 0.0611. The molecule has 0 radical (unpaired) electrons. The Hall–Kier alpha value is -2.90. The van der Waals surface area contributed by atoms with Gasteiger partial charge in [0, 0.05) is 24.6 Å². The fourth-order valence-electron chi connectivity index (χ4n) is 3.21. The molecule has 29 heavy (non-hydrogen) atoms. The van der Waals surface area contributed by atoms with Gasteiger partial charge in [-0.05, 0) is 30.5 Å². The summed E-state index contributed by atoms with van der Waals surface area (Å²) in [6.45, 7) is 5.42. The van der Waals surface area contributed by atoms with E-state index in [4.69, 9.17) is 4.74 Å². The predicted molar refractivity (Wildman–Crippen MR) is 114 cm³/mol. The second kappa shape index (κ2) is 9.07. The van der Waals surface area contributed by atoms with E-state index >= 15 is 0 Å². The van der Waals surface area contributed by atoms with Crippen molar-refractivity contribution in [2.75, 3.05) is 6.61 Å². The van der Waals surface area contributed by atoms with Crippen LogP contribution in [0, 0.1) is 6.92 Å². The summed E-state index contributed by atoms with van der Waals surface area (Å²) >= 11 is 1.64. The van der Waals surface area contributed by atoms with Crippen LogP contribution < -0.4 is 0 Å². The fraction of sp³-hybridized carbons (Fsp3) is 0.273. The number of hydrogen-bond donors (Lipinski definition) is 0. The van der Waals surface area contributed by atoms with Crippen LogP contribution in [0.5, 0.6) is 0 Å². The van der Waals surface area contributed by atoms with Gasteiger partial charge in [-0.1, -0.05) is 42.5 Å². The second-order valence-corrected chi connectivity index (χ2v) is 7.72. The number of rotatable bonds is 8. The first-order valence-electron chi connectivity index (χ1n) is 9.65. The van der Waals surface area contributed by atoms with Crippen molar-refractivity contribution in [3.05, 3.63) is 82.2 Å². The van der Waals surface area contributed by atoms with Crippen molar-refractivity contribution in [3.63, 3.8) is 0 Å². The molecule has 1 unspecified atom stereocenters. The van der Waals surface area contributed by atoms with Crippen molar-refractivity contribution in [3.8, 4) is 11.3 Å². The molecule has 1 atom stereocenters. The molecule has 0 saturated heterocycles. The van der Waals surface area contributed by atoms with E-state index in [1.165, 1.54) is 0 Å². The number of benzene rings is 1. The van der Waals surface area contributed by atoms with Crippen molar-refractivity contribution in [1.82, 2.24) is 25.0 Å². The molecule has 148 valence electrons. The first kappa shape index (κ1) is 19.4. The Morgan fingerprint density at radius 2 is 2.03 bits per heavy atom. The Morgan fingerprint density at radius 1 is 1.17 bits per heavy atom. The van der Waals surface area contributed by atoms with E-state index in [1.54, 1.807) is 11.3 Å². The fourth-order valence-corrected chi connectivity index (χ4v) is 4.13. The lowest BCUT2D eigenvalue weighted by Gasteiger charge is -2.16. The summed E-state index contributed by atoms with van der Waals surface area (Å²) in [6, 6.07) is 12.3. The number of hydrogen-bond acceptors (Lipinski definition) is 6. The third-order valence-electron chi connectivity index (χ3n) is 4.63. The Labute approximate surface area is 174 Å². The van der Waals surface area contributed by atoms with Crippen LogP contribution in [-0.2, 0) is 11.3 Å². The summed E-state index contributed by atoms with van der Waals surface area (Å²) in [5.41, 5.74) is 6.79. The standard InChI is InChI=1S/C22H23N5OS/c1-3-9-28-14-17-10-19(12-23-11-17)20-13-27(26-25-20)21(18-7-5-4-6-8-18)22-16(2)24-15-29-22/h4-8,10-13,15,21H,3,9,14H2,1-2H3. The normalized spacial score (nSPS) is 12.2. The summed E-state index contributed by atoms with van der Waals surface area (Å²) in [7, 11) is 0. The number of nitrogens with zero attached hydrogens (tertiary/aromatic N) is 5. The third-order valence-corrected chi connectivity index (χ3v) is 5.61. The third kappa shape index (κ3) is 4.41. The highest BCUT2D eigenvalue weighted by atomic mass is 32.1. The maximum Gasteiger partial charge on any atom is 0.115 e. The van der Waals surface area contributed by atoms with E-state index in [0.29, 0.717) is 6.61 Å². The van der Waals surface area contributed by atoms with E-state index < -0.39 is 0 Å². The van der Waals surface area contributed by atoms with Crippen molar-refractivity contribution in [2.24, 2.45) is 0 Å². The van der Waals surface area contributed by atoms with Crippen molar-refractivity contribution in [1.29, 1.82) is 0 Å². The van der Waals surface area contributed by atoms with Crippen LogP contribution in [0.25, 0.3) is 11.3 Å². The van der Waals surface area contributed by atoms with E-state index in [1.807, 2.05) is 53.9 Å². The van der Waals surface area contributed by atoms with Gasteiger partial charge >= 0.3 is 0 Å². The highest BCUT2D eigenvalue weighted by molar-refractivity contribution is 7.09. The number of aryl methyl sites for hydroxylation is 1. The van der Waals surface area contributed by atoms with Crippen LogP contribution in [0.4, 0.5) is 0 Å². The molecule has 1 aromatic carbocycles. The van der Waals surface area contributed by atoms with Crippen LogP contribution in [0.15, 0.2) is 60.5 Å². The van der Waals surface area contributed by atoms with Gasteiger partial charge in [0.15, 0.2) is 0 Å². The van der Waals surface area contributed by atoms with E-state index in [9.17, 15) is 0 Å². The highest BCUT2D eigenvalue weighted by Crippen LogP contribution is 2.32. The minimum Gasteiger partial charge on any atom is -0.377 e. The van der Waals surface area contributed by atoms with Crippen LogP contribution in [0.2, 0.25) is 0 Å². The van der Waals surface area contributed by atoms with Crippen LogP contribution >= 0.6 is 11.3 Å². The first-order valence-corrected chi connectivity index (χ1v) is 10.5. The van der Waals surface area contributed by atoms with Crippen molar-refractivity contribution >= 4 is 11.3 Å². The molecule has 3 aromatic heterocycles. The molecular formula is C22H23N5OS. The van der Waals surface area contributed by atoms with Crippen LogP contribution in [0.3, 0.4) is 0 Å². The molecule has 0 bridgehead atoms. The van der Waals surface area contributed by atoms with Crippen molar-refractivity contribution < 1.29 is 4.74 Å². The summed E-state index contributed by atoms with van der Waals surface area (Å²) in [5, 5.41) is 8.88. The van der Waals surface area contributed by atoms with Gasteiger partial charge in [-0.15, -0.1) is 16.4 Å². The lowest BCUT2D eigenvalue weighted by atomic mass is 10.0. The number of ether oxygens (including phenoxy) is 1. The Balaban J connectivity index is 1.66. The predicted octanol–water partition coefficient (Wildman–Crippen LogP) is 4.67. The molecule has 0 saturated carbocycles. The molecule has 0 aliphatic rings. The van der Waals surface area contributed by atoms with Gasteiger partial charge in [0.2, 0.25) is 0 Å². The van der Waals surface area contributed by atoms with E-state index in [-0.39, 0.29) is 6.04 Å². The van der Waals surface area contributed by atoms with Crippen LogP contribution in [0.1, 0.15) is 41.1 Å². The van der Waals surface area contributed by atoms with Gasteiger partial charge < -0.3 is 4.74 Å². The molecule has 6 nitrogen and oxygen atoms in total. The average Bonchev–Trinajstić information content (AvgIpc) is 3.40. The first-order chi connectivity index (χ1) is 14.3. The van der Waals surface area contributed by atoms with Gasteiger partial charge in [0.25, 0.3) is 0 Å². The van der Waals surface area contributed by atoms with Crippen LogP contribution in [-0.4, -0.2) is 31.6 Å². The molecule has 3 heterocycles. The molecular weight excluding hydrogens is 382 g/mol. The number of pyridine rings is 1. The topological polar surface area (TPSA) is 65.7 Å². The molecule has 4 aromatic rings. The van der Waals surface area contributed by atoms with Gasteiger partial charge in [-0.3, -0.25) is 4.98 Å². The lowest BCUT2D eigenvalue weighted by molar-refractivity contribution is 0.121. The number of aromatic nitrogens is 5. The average molecular weight is 406 g/mol. The smallest absolute Gasteiger partial charge is 0.115 e. The summed E-state index contributed by atoms with van der Waals surface area (Å²) < 4.78 is 7.54. The molecule has 4 rings (SSSR count). The van der Waals surface area contributed by atoms with E-state index in [2.05, 4.69) is 45.4 Å². The molecule has 0 amide bonds. The SMILES string of the molecule is CCCOCc1cncc(-c2cn(C(c3ccccc3)c3scnc3C)nn2)c1. The summed E-state index contributed by atoms with van der Waals surface area (Å²) in [4.78, 5) is 9.94. The highest BCUT2D eigenvalue weighted by Gasteiger charge is 2.22. The zero-order valence-electron chi connectivity index (χ0n) is 16.5. The molecule has 0 fully saturated rings. The van der Waals surface area contributed by atoms with Gasteiger partial charge in [-0.2, -0.15) is 0 Å². The maximum absolute atomic E-state index is 5.64. The quantitative estimate of drug-likeness (QED) is 0.399. The molecule has 0 N–H and O–H groups in total. The lowest BCUT2D eigenvalue weighted by Crippen LogP contribution is -2.13. The largest absolute Gasteiger partial charge is 0.377 e. The second-order valence-electron chi connectivity index (χ2n) is 6.83.